The van der Waals surface area contributed by atoms with Gasteiger partial charge in [0.05, 0.1) is 12.7 Å². The summed E-state index contributed by atoms with van der Waals surface area (Å²) in [7, 11) is 0. The van der Waals surface area contributed by atoms with Crippen LogP contribution in [0.3, 0.4) is 0 Å². The molecule has 0 aromatic rings. The topological polar surface area (TPSA) is 99.4 Å². The zero-order valence-corrected chi connectivity index (χ0v) is 10.2. The highest BCUT2D eigenvalue weighted by molar-refractivity contribution is 4.89. The van der Waals surface area contributed by atoms with Crippen molar-refractivity contribution in [1.29, 1.82) is 0 Å². The molecular weight excluding hydrogens is 228 g/mol. The van der Waals surface area contributed by atoms with Gasteiger partial charge in [0.2, 0.25) is 0 Å². The van der Waals surface area contributed by atoms with Gasteiger partial charge in [-0.2, -0.15) is 0 Å². The number of ether oxygens (including phenoxy) is 2. The van der Waals surface area contributed by atoms with Crippen LogP contribution < -0.4 is 0 Å². The van der Waals surface area contributed by atoms with Gasteiger partial charge in [0.15, 0.2) is 6.29 Å². The molecule has 1 aliphatic rings. The average molecular weight is 250 g/mol. The molecule has 1 fully saturated rings. The van der Waals surface area contributed by atoms with Gasteiger partial charge < -0.3 is 29.9 Å². The molecule has 0 bridgehead atoms. The molecule has 0 saturated carbocycles. The molecule has 4 N–H and O–H groups in total. The van der Waals surface area contributed by atoms with Crippen LogP contribution in [0.15, 0.2) is 0 Å². The molecule has 1 aliphatic heterocycles. The van der Waals surface area contributed by atoms with Gasteiger partial charge in [-0.1, -0.05) is 13.3 Å². The van der Waals surface area contributed by atoms with E-state index in [9.17, 15) is 15.3 Å². The first-order valence-electron chi connectivity index (χ1n) is 5.97. The maximum Gasteiger partial charge on any atom is 0.186 e. The summed E-state index contributed by atoms with van der Waals surface area (Å²) < 4.78 is 10.7. The Morgan fingerprint density at radius 2 is 1.82 bits per heavy atom. The standard InChI is InChI=1S/C11H22O6/c1-3-4-6(2)16-11-10(15)9(14)8(13)7(5-12)17-11/h6-15H,3-5H2,1-2H3/t6?,7-,8-,9+,10-,11-/m1/s1. The largest absolute Gasteiger partial charge is 0.394 e. The van der Waals surface area contributed by atoms with Crippen LogP contribution in [0.5, 0.6) is 0 Å². The van der Waals surface area contributed by atoms with E-state index in [1.807, 2.05) is 13.8 Å². The predicted molar refractivity (Wildman–Crippen MR) is 59.2 cm³/mol. The summed E-state index contributed by atoms with van der Waals surface area (Å²) in [5.74, 6) is 0. The fourth-order valence-corrected chi connectivity index (χ4v) is 1.88. The van der Waals surface area contributed by atoms with Gasteiger partial charge in [-0.05, 0) is 13.3 Å². The van der Waals surface area contributed by atoms with E-state index < -0.39 is 37.3 Å². The monoisotopic (exact) mass is 250 g/mol. The Kier molecular flexibility index (Phi) is 5.78. The normalized spacial score (nSPS) is 40.2. The molecule has 102 valence electrons. The molecule has 0 aromatic carbocycles. The number of aliphatic hydroxyl groups excluding tert-OH is 4. The molecule has 0 aromatic heterocycles. The highest BCUT2D eigenvalue weighted by atomic mass is 16.7. The molecular formula is C11H22O6. The van der Waals surface area contributed by atoms with Crippen molar-refractivity contribution in [2.75, 3.05) is 6.61 Å². The Morgan fingerprint density at radius 1 is 1.18 bits per heavy atom. The number of hydrogen-bond donors (Lipinski definition) is 4. The lowest BCUT2D eigenvalue weighted by atomic mass is 9.99. The van der Waals surface area contributed by atoms with Crippen molar-refractivity contribution >= 4 is 0 Å². The van der Waals surface area contributed by atoms with Crippen LogP contribution in [0.25, 0.3) is 0 Å². The second kappa shape index (κ2) is 6.63. The fraction of sp³-hybridized carbons (Fsp3) is 1.00. The summed E-state index contributed by atoms with van der Waals surface area (Å²) >= 11 is 0. The Balaban J connectivity index is 2.59. The zero-order valence-electron chi connectivity index (χ0n) is 10.2. The molecule has 0 aliphatic carbocycles. The van der Waals surface area contributed by atoms with Crippen molar-refractivity contribution in [2.45, 2.75) is 63.5 Å². The van der Waals surface area contributed by atoms with Crippen LogP contribution in [0.1, 0.15) is 26.7 Å². The van der Waals surface area contributed by atoms with E-state index in [0.29, 0.717) is 0 Å². The van der Waals surface area contributed by atoms with Crippen LogP contribution in [0.4, 0.5) is 0 Å². The van der Waals surface area contributed by atoms with E-state index in [1.165, 1.54) is 0 Å². The third-order valence-electron chi connectivity index (χ3n) is 2.91. The van der Waals surface area contributed by atoms with Gasteiger partial charge in [0.1, 0.15) is 24.4 Å². The van der Waals surface area contributed by atoms with Crippen molar-refractivity contribution in [3.05, 3.63) is 0 Å². The van der Waals surface area contributed by atoms with Crippen molar-refractivity contribution in [1.82, 2.24) is 0 Å². The third-order valence-corrected chi connectivity index (χ3v) is 2.91. The molecule has 0 spiro atoms. The smallest absolute Gasteiger partial charge is 0.186 e. The van der Waals surface area contributed by atoms with Gasteiger partial charge in [-0.3, -0.25) is 0 Å². The molecule has 6 atom stereocenters. The summed E-state index contributed by atoms with van der Waals surface area (Å²) in [4.78, 5) is 0. The van der Waals surface area contributed by atoms with Crippen molar-refractivity contribution in [3.8, 4) is 0 Å². The van der Waals surface area contributed by atoms with Crippen LogP contribution in [-0.4, -0.2) is 63.8 Å². The lowest BCUT2D eigenvalue weighted by Gasteiger charge is -2.40. The minimum absolute atomic E-state index is 0.124. The van der Waals surface area contributed by atoms with E-state index in [4.69, 9.17) is 14.6 Å². The van der Waals surface area contributed by atoms with Crippen LogP contribution in [-0.2, 0) is 9.47 Å². The van der Waals surface area contributed by atoms with E-state index in [-0.39, 0.29) is 6.10 Å². The van der Waals surface area contributed by atoms with E-state index in [2.05, 4.69) is 0 Å². The fourth-order valence-electron chi connectivity index (χ4n) is 1.88. The van der Waals surface area contributed by atoms with Gasteiger partial charge in [0.25, 0.3) is 0 Å². The van der Waals surface area contributed by atoms with Crippen molar-refractivity contribution in [3.63, 3.8) is 0 Å². The summed E-state index contributed by atoms with van der Waals surface area (Å²) in [6.45, 7) is 3.41. The Hall–Kier alpha value is -0.240. The third kappa shape index (κ3) is 3.61. The van der Waals surface area contributed by atoms with Crippen LogP contribution in [0, 0.1) is 0 Å². The second-order valence-electron chi connectivity index (χ2n) is 4.43. The maximum atomic E-state index is 9.70. The summed E-state index contributed by atoms with van der Waals surface area (Å²) in [6, 6.07) is 0. The summed E-state index contributed by atoms with van der Waals surface area (Å²) in [6.07, 6.45) is -4.35. The molecule has 17 heavy (non-hydrogen) atoms. The van der Waals surface area contributed by atoms with Gasteiger partial charge in [0, 0.05) is 0 Å². The zero-order chi connectivity index (χ0) is 13.0. The first kappa shape index (κ1) is 14.8. The molecule has 1 rings (SSSR count). The minimum Gasteiger partial charge on any atom is -0.394 e. The Morgan fingerprint density at radius 3 is 2.35 bits per heavy atom. The van der Waals surface area contributed by atoms with E-state index in [0.717, 1.165) is 12.8 Å². The lowest BCUT2D eigenvalue weighted by molar-refractivity contribution is -0.310. The number of aliphatic hydroxyl groups is 4. The first-order chi connectivity index (χ1) is 8.01. The quantitative estimate of drug-likeness (QED) is 0.499. The maximum absolute atomic E-state index is 9.70. The minimum atomic E-state index is -1.38. The highest BCUT2D eigenvalue weighted by Crippen LogP contribution is 2.23. The van der Waals surface area contributed by atoms with E-state index >= 15 is 0 Å². The van der Waals surface area contributed by atoms with E-state index in [1.54, 1.807) is 0 Å². The average Bonchev–Trinajstić information content (AvgIpc) is 2.30. The van der Waals surface area contributed by atoms with Crippen molar-refractivity contribution in [2.24, 2.45) is 0 Å². The number of hydrogen-bond acceptors (Lipinski definition) is 6. The molecule has 1 saturated heterocycles. The van der Waals surface area contributed by atoms with Crippen LogP contribution in [0.2, 0.25) is 0 Å². The molecule has 1 unspecified atom stereocenters. The van der Waals surface area contributed by atoms with Crippen LogP contribution >= 0.6 is 0 Å². The highest BCUT2D eigenvalue weighted by Gasteiger charge is 2.44. The molecule has 0 radical (unpaired) electrons. The van der Waals surface area contributed by atoms with Crippen molar-refractivity contribution < 1.29 is 29.9 Å². The summed E-state index contributed by atoms with van der Waals surface area (Å²) in [5, 5.41) is 37.8. The molecule has 6 nitrogen and oxygen atoms in total. The predicted octanol–water partition coefficient (Wildman–Crippen LogP) is -1.01. The molecule has 6 heteroatoms. The molecule has 1 heterocycles. The summed E-state index contributed by atoms with van der Waals surface area (Å²) in [5.41, 5.74) is 0. The molecule has 0 amide bonds. The Bertz CT molecular complexity index is 222. The van der Waals surface area contributed by atoms with Gasteiger partial charge >= 0.3 is 0 Å². The second-order valence-corrected chi connectivity index (χ2v) is 4.43. The van der Waals surface area contributed by atoms with Gasteiger partial charge in [-0.15, -0.1) is 0 Å². The Labute approximate surface area is 101 Å². The SMILES string of the molecule is CCCC(C)O[C@@H]1O[C@H](CO)[C@@H](O)[C@H](O)[C@H]1O. The first-order valence-corrected chi connectivity index (χ1v) is 5.97. The lowest BCUT2D eigenvalue weighted by Crippen LogP contribution is -2.59. The number of rotatable bonds is 5. The van der Waals surface area contributed by atoms with Gasteiger partial charge in [-0.25, -0.2) is 0 Å².